The van der Waals surface area contributed by atoms with E-state index in [-0.39, 0.29) is 23.4 Å². The SMILES string of the molecule is Cc1cc(C)nc(NS(=O)(=O)c2ccc(NC(=O)COc3ccc(Br)cc3C)cc2)n1. The molecule has 0 unspecified atom stereocenters. The van der Waals surface area contributed by atoms with Crippen LogP contribution in [0, 0.1) is 20.8 Å². The standard InChI is InChI=1S/C21H21BrN4O4S/c1-13-10-16(22)4-9-19(13)30-12-20(27)25-17-5-7-18(8-6-17)31(28,29)26-21-23-14(2)11-15(3)24-21/h4-11H,12H2,1-3H3,(H,25,27)(H,23,24,26). The number of nitrogens with zero attached hydrogens (tertiary/aromatic N) is 2. The van der Waals surface area contributed by atoms with Crippen molar-refractivity contribution in [2.75, 3.05) is 16.6 Å². The molecule has 8 nitrogen and oxygen atoms in total. The third-order valence-electron chi connectivity index (χ3n) is 4.15. The van der Waals surface area contributed by atoms with Crippen LogP contribution < -0.4 is 14.8 Å². The van der Waals surface area contributed by atoms with Crippen molar-refractivity contribution in [1.82, 2.24) is 9.97 Å². The quantitative estimate of drug-likeness (QED) is 0.503. The summed E-state index contributed by atoms with van der Waals surface area (Å²) in [5.74, 6) is 0.259. The molecule has 0 aliphatic carbocycles. The van der Waals surface area contributed by atoms with E-state index in [1.807, 2.05) is 19.1 Å². The van der Waals surface area contributed by atoms with Crippen LogP contribution in [0.3, 0.4) is 0 Å². The first-order chi connectivity index (χ1) is 14.6. The third-order valence-corrected chi connectivity index (χ3v) is 5.99. The molecule has 1 aromatic heterocycles. The van der Waals surface area contributed by atoms with E-state index in [0.717, 1.165) is 10.0 Å². The summed E-state index contributed by atoms with van der Waals surface area (Å²) in [6.07, 6.45) is 0. The van der Waals surface area contributed by atoms with Crippen LogP contribution in [0.15, 0.2) is 57.9 Å². The van der Waals surface area contributed by atoms with Crippen molar-refractivity contribution in [1.29, 1.82) is 0 Å². The second kappa shape index (κ2) is 9.44. The summed E-state index contributed by atoms with van der Waals surface area (Å²) < 4.78 is 34.0. The minimum absolute atomic E-state index is 0.00950. The Bertz CT molecular complexity index is 1190. The Kier molecular flexibility index (Phi) is 6.91. The maximum Gasteiger partial charge on any atom is 0.264 e. The number of aromatic nitrogens is 2. The molecule has 1 amide bonds. The van der Waals surface area contributed by atoms with E-state index in [0.29, 0.717) is 22.8 Å². The van der Waals surface area contributed by atoms with E-state index in [4.69, 9.17) is 4.74 Å². The maximum absolute atomic E-state index is 12.6. The van der Waals surface area contributed by atoms with Gasteiger partial charge in [0.15, 0.2) is 6.61 Å². The lowest BCUT2D eigenvalue weighted by molar-refractivity contribution is -0.118. The van der Waals surface area contributed by atoms with Crippen molar-refractivity contribution >= 4 is 43.5 Å². The first-order valence-electron chi connectivity index (χ1n) is 9.26. The summed E-state index contributed by atoms with van der Waals surface area (Å²) in [5, 5.41) is 2.67. The number of hydrogen-bond donors (Lipinski definition) is 2. The van der Waals surface area contributed by atoms with E-state index in [1.54, 1.807) is 26.0 Å². The van der Waals surface area contributed by atoms with Gasteiger partial charge in [0.1, 0.15) is 5.75 Å². The first kappa shape index (κ1) is 22.7. The van der Waals surface area contributed by atoms with Crippen molar-refractivity contribution in [3.63, 3.8) is 0 Å². The molecule has 10 heteroatoms. The van der Waals surface area contributed by atoms with Crippen molar-refractivity contribution in [3.05, 3.63) is 70.0 Å². The number of anilines is 2. The zero-order valence-corrected chi connectivity index (χ0v) is 19.5. The average molecular weight is 505 g/mol. The van der Waals surface area contributed by atoms with Gasteiger partial charge in [-0.3, -0.25) is 4.79 Å². The Morgan fingerprint density at radius 1 is 1.00 bits per heavy atom. The van der Waals surface area contributed by atoms with Crippen LogP contribution in [0.4, 0.5) is 11.6 Å². The molecule has 0 bridgehead atoms. The molecule has 0 fully saturated rings. The molecular weight excluding hydrogens is 484 g/mol. The lowest BCUT2D eigenvalue weighted by Gasteiger charge is -2.11. The molecule has 0 spiro atoms. The molecule has 0 saturated heterocycles. The normalized spacial score (nSPS) is 11.1. The zero-order chi connectivity index (χ0) is 22.6. The number of amides is 1. The van der Waals surface area contributed by atoms with Crippen molar-refractivity contribution in [3.8, 4) is 5.75 Å². The van der Waals surface area contributed by atoms with Crippen molar-refractivity contribution < 1.29 is 17.9 Å². The lowest BCUT2D eigenvalue weighted by Crippen LogP contribution is -2.20. The van der Waals surface area contributed by atoms with Crippen molar-refractivity contribution in [2.24, 2.45) is 0 Å². The minimum atomic E-state index is -3.86. The monoisotopic (exact) mass is 504 g/mol. The zero-order valence-electron chi connectivity index (χ0n) is 17.1. The summed E-state index contributed by atoms with van der Waals surface area (Å²) in [6.45, 7) is 5.22. The van der Waals surface area contributed by atoms with E-state index in [1.165, 1.54) is 24.3 Å². The average Bonchev–Trinajstić information content (AvgIpc) is 2.66. The molecule has 0 aliphatic rings. The molecule has 0 saturated carbocycles. The number of sulfonamides is 1. The van der Waals surface area contributed by atoms with Gasteiger partial charge < -0.3 is 10.1 Å². The Morgan fingerprint density at radius 3 is 2.26 bits per heavy atom. The molecule has 3 aromatic rings. The van der Waals surface area contributed by atoms with Crippen LogP contribution in [0.25, 0.3) is 0 Å². The Balaban J connectivity index is 1.61. The number of nitrogens with one attached hydrogen (secondary N) is 2. The van der Waals surface area contributed by atoms with Crippen molar-refractivity contribution in [2.45, 2.75) is 25.7 Å². The highest BCUT2D eigenvalue weighted by atomic mass is 79.9. The largest absolute Gasteiger partial charge is 0.483 e. The summed E-state index contributed by atoms with van der Waals surface area (Å²) in [6, 6.07) is 13.0. The summed E-state index contributed by atoms with van der Waals surface area (Å²) in [5.41, 5.74) is 2.66. The molecule has 2 aromatic carbocycles. The number of carbonyl (C=O) groups excluding carboxylic acids is 1. The Labute approximate surface area is 189 Å². The number of benzene rings is 2. The van der Waals surface area contributed by atoms with Gasteiger partial charge in [-0.05, 0) is 74.9 Å². The molecule has 162 valence electrons. The molecule has 1 heterocycles. The second-order valence-corrected chi connectivity index (χ2v) is 9.45. The molecule has 3 rings (SSSR count). The van der Waals surface area contributed by atoms with Crippen LogP contribution >= 0.6 is 15.9 Å². The minimum Gasteiger partial charge on any atom is -0.483 e. The summed E-state index contributed by atoms with van der Waals surface area (Å²) in [4.78, 5) is 20.3. The van der Waals surface area contributed by atoms with Gasteiger partial charge in [0.25, 0.3) is 15.9 Å². The van der Waals surface area contributed by atoms with E-state index in [9.17, 15) is 13.2 Å². The highest BCUT2D eigenvalue weighted by Gasteiger charge is 2.16. The van der Waals surface area contributed by atoms with Crippen LogP contribution in [0.1, 0.15) is 17.0 Å². The van der Waals surface area contributed by atoms with E-state index >= 15 is 0 Å². The van der Waals surface area contributed by atoms with Gasteiger partial charge in [-0.2, -0.15) is 0 Å². The first-order valence-corrected chi connectivity index (χ1v) is 11.5. The number of ether oxygens (including phenoxy) is 1. The van der Waals surface area contributed by atoms with Crippen LogP contribution in [-0.2, 0) is 14.8 Å². The molecule has 0 aliphatic heterocycles. The maximum atomic E-state index is 12.6. The molecule has 0 atom stereocenters. The highest BCUT2D eigenvalue weighted by Crippen LogP contribution is 2.22. The Morgan fingerprint density at radius 2 is 1.65 bits per heavy atom. The predicted molar refractivity (Wildman–Crippen MR) is 122 cm³/mol. The number of hydrogen-bond acceptors (Lipinski definition) is 6. The highest BCUT2D eigenvalue weighted by molar-refractivity contribution is 9.10. The number of halogens is 1. The Hall–Kier alpha value is -2.98. The van der Waals surface area contributed by atoms with E-state index in [2.05, 4.69) is 35.9 Å². The number of rotatable bonds is 7. The van der Waals surface area contributed by atoms with Crippen LogP contribution in [0.5, 0.6) is 5.75 Å². The number of carbonyl (C=O) groups is 1. The predicted octanol–water partition coefficient (Wildman–Crippen LogP) is 3.98. The van der Waals surface area contributed by atoms with Crippen LogP contribution in [-0.4, -0.2) is 30.9 Å². The van der Waals surface area contributed by atoms with Gasteiger partial charge in [0, 0.05) is 21.5 Å². The van der Waals surface area contributed by atoms with Gasteiger partial charge >= 0.3 is 0 Å². The fourth-order valence-corrected chi connectivity index (χ4v) is 4.20. The summed E-state index contributed by atoms with van der Waals surface area (Å²) in [7, 11) is -3.86. The lowest BCUT2D eigenvalue weighted by atomic mass is 10.2. The fourth-order valence-electron chi connectivity index (χ4n) is 2.78. The van der Waals surface area contributed by atoms with Gasteiger partial charge in [-0.1, -0.05) is 15.9 Å². The van der Waals surface area contributed by atoms with E-state index < -0.39 is 10.0 Å². The fraction of sp³-hybridized carbons (Fsp3) is 0.190. The molecule has 2 N–H and O–H groups in total. The van der Waals surface area contributed by atoms with Crippen LogP contribution in [0.2, 0.25) is 0 Å². The topological polar surface area (TPSA) is 110 Å². The van der Waals surface area contributed by atoms with Gasteiger partial charge in [-0.15, -0.1) is 0 Å². The van der Waals surface area contributed by atoms with Gasteiger partial charge in [0.2, 0.25) is 5.95 Å². The number of aryl methyl sites for hydroxylation is 3. The smallest absolute Gasteiger partial charge is 0.264 e. The summed E-state index contributed by atoms with van der Waals surface area (Å²) >= 11 is 3.38. The third kappa shape index (κ3) is 6.25. The van der Waals surface area contributed by atoms with Gasteiger partial charge in [0.05, 0.1) is 4.90 Å². The molecule has 0 radical (unpaired) electrons. The van der Waals surface area contributed by atoms with Gasteiger partial charge in [-0.25, -0.2) is 23.1 Å². The molecular formula is C21H21BrN4O4S. The molecule has 31 heavy (non-hydrogen) atoms. The second-order valence-electron chi connectivity index (χ2n) is 6.85.